The van der Waals surface area contributed by atoms with E-state index in [-0.39, 0.29) is 18.4 Å². The van der Waals surface area contributed by atoms with Gasteiger partial charge in [0, 0.05) is 18.0 Å². The third kappa shape index (κ3) is 3.07. The number of pyridine rings is 1. The second-order valence-corrected chi connectivity index (χ2v) is 5.47. The van der Waals surface area contributed by atoms with E-state index >= 15 is 0 Å². The first-order valence-corrected chi connectivity index (χ1v) is 7.87. The van der Waals surface area contributed by atoms with E-state index in [0.29, 0.717) is 28.4 Å². The van der Waals surface area contributed by atoms with Crippen LogP contribution in [0.15, 0.2) is 59.3 Å². The normalized spacial score (nSPS) is 10.8. The number of nitrogen functional groups attached to an aromatic ring is 1. The summed E-state index contributed by atoms with van der Waals surface area (Å²) in [6, 6.07) is 12.8. The largest absolute Gasteiger partial charge is 0.437 e. The van der Waals surface area contributed by atoms with Crippen molar-refractivity contribution in [1.82, 2.24) is 25.3 Å². The number of hydrogen-bond acceptors (Lipinski definition) is 7. The molecule has 0 aliphatic heterocycles. The van der Waals surface area contributed by atoms with Crippen LogP contribution in [0.1, 0.15) is 16.2 Å². The maximum absolute atomic E-state index is 12.6. The quantitative estimate of drug-likeness (QED) is 0.581. The van der Waals surface area contributed by atoms with Crippen molar-refractivity contribution in [1.29, 1.82) is 0 Å². The topological polar surface area (TPSA) is 120 Å². The summed E-state index contributed by atoms with van der Waals surface area (Å²) in [5.74, 6) is 0.120. The number of rotatable bonds is 4. The van der Waals surface area contributed by atoms with E-state index in [9.17, 15) is 4.79 Å². The number of hydrogen-bond donors (Lipinski definition) is 2. The number of carbonyl (C=O) groups is 1. The van der Waals surface area contributed by atoms with Crippen LogP contribution < -0.4 is 11.1 Å². The number of nitrogens with one attached hydrogen (secondary N) is 1. The molecule has 3 N–H and O–H groups in total. The lowest BCUT2D eigenvalue weighted by Gasteiger charge is -2.09. The van der Waals surface area contributed by atoms with Crippen LogP contribution in [0, 0.1) is 0 Å². The van der Waals surface area contributed by atoms with Gasteiger partial charge in [-0.3, -0.25) is 4.79 Å². The number of aromatic nitrogens is 4. The molecule has 8 heteroatoms. The molecule has 0 bridgehead atoms. The van der Waals surface area contributed by atoms with Gasteiger partial charge < -0.3 is 15.5 Å². The molecule has 1 amide bonds. The number of fused-ring (bicyclic) bond motifs is 1. The molecule has 0 atom stereocenters. The summed E-state index contributed by atoms with van der Waals surface area (Å²) >= 11 is 0. The van der Waals surface area contributed by atoms with Crippen LogP contribution in [-0.4, -0.2) is 25.8 Å². The number of benzene rings is 1. The Morgan fingerprint density at radius 2 is 1.92 bits per heavy atom. The van der Waals surface area contributed by atoms with Crippen molar-refractivity contribution in [2.24, 2.45) is 0 Å². The van der Waals surface area contributed by atoms with E-state index in [1.54, 1.807) is 18.3 Å². The summed E-state index contributed by atoms with van der Waals surface area (Å²) in [5.41, 5.74) is 8.31. The van der Waals surface area contributed by atoms with E-state index in [2.05, 4.69) is 25.3 Å². The van der Waals surface area contributed by atoms with Crippen LogP contribution in [0.5, 0.6) is 0 Å². The minimum atomic E-state index is -0.348. The maximum Gasteiger partial charge on any atom is 0.255 e. The fraction of sp³-hybridized carbons (Fsp3) is 0.0556. The van der Waals surface area contributed by atoms with Crippen LogP contribution in [0.4, 0.5) is 5.95 Å². The smallest absolute Gasteiger partial charge is 0.255 e. The Balaban J connectivity index is 1.58. The number of nitrogens with two attached hydrogens (primary N) is 1. The van der Waals surface area contributed by atoms with Gasteiger partial charge in [0.2, 0.25) is 11.8 Å². The van der Waals surface area contributed by atoms with Crippen molar-refractivity contribution in [3.63, 3.8) is 0 Å². The van der Waals surface area contributed by atoms with Gasteiger partial charge >= 0.3 is 0 Å². The van der Waals surface area contributed by atoms with Crippen LogP contribution >= 0.6 is 0 Å². The average molecular weight is 346 g/mol. The highest BCUT2D eigenvalue weighted by molar-refractivity contribution is 5.99. The predicted octanol–water partition coefficient (Wildman–Crippen LogP) is 2.19. The van der Waals surface area contributed by atoms with Crippen molar-refractivity contribution < 1.29 is 9.21 Å². The highest BCUT2D eigenvalue weighted by Gasteiger charge is 2.16. The summed E-state index contributed by atoms with van der Waals surface area (Å²) in [4.78, 5) is 29.1. The molecular weight excluding hydrogens is 332 g/mol. The Labute approximate surface area is 148 Å². The first kappa shape index (κ1) is 15.7. The average Bonchev–Trinajstić information content (AvgIpc) is 3.10. The molecule has 8 nitrogen and oxygen atoms in total. The highest BCUT2D eigenvalue weighted by Crippen LogP contribution is 2.21. The minimum absolute atomic E-state index is 0.102. The second-order valence-electron chi connectivity index (χ2n) is 5.47. The van der Waals surface area contributed by atoms with Gasteiger partial charge in [-0.2, -0.15) is 4.98 Å². The Bertz CT molecular complexity index is 1040. The van der Waals surface area contributed by atoms with Crippen molar-refractivity contribution in [3.8, 4) is 11.3 Å². The van der Waals surface area contributed by atoms with Gasteiger partial charge in [-0.05, 0) is 12.1 Å². The Kier molecular flexibility index (Phi) is 3.98. The fourth-order valence-electron chi connectivity index (χ4n) is 2.52. The van der Waals surface area contributed by atoms with E-state index in [0.717, 1.165) is 5.56 Å². The molecule has 0 saturated heterocycles. The monoisotopic (exact) mass is 346 g/mol. The molecule has 3 heterocycles. The molecule has 0 aliphatic rings. The van der Waals surface area contributed by atoms with E-state index in [1.165, 1.54) is 6.20 Å². The molecule has 26 heavy (non-hydrogen) atoms. The zero-order valence-electron chi connectivity index (χ0n) is 13.6. The summed E-state index contributed by atoms with van der Waals surface area (Å²) in [6.07, 6.45) is 3.04. The molecule has 4 aromatic rings. The van der Waals surface area contributed by atoms with E-state index < -0.39 is 0 Å². The molecule has 0 fully saturated rings. The predicted molar refractivity (Wildman–Crippen MR) is 94.9 cm³/mol. The number of oxazole rings is 1. The van der Waals surface area contributed by atoms with Gasteiger partial charge in [0.1, 0.15) is 0 Å². The molecular formula is C18H14N6O2. The molecule has 3 aromatic heterocycles. The summed E-state index contributed by atoms with van der Waals surface area (Å²) in [7, 11) is 0. The molecule has 1 aromatic carbocycles. The Morgan fingerprint density at radius 3 is 2.73 bits per heavy atom. The Hall–Kier alpha value is -3.81. The lowest BCUT2D eigenvalue weighted by molar-refractivity contribution is 0.0947. The van der Waals surface area contributed by atoms with Crippen LogP contribution in [-0.2, 0) is 6.54 Å². The van der Waals surface area contributed by atoms with Gasteiger partial charge in [0.25, 0.3) is 5.91 Å². The SMILES string of the molecule is Nc1ncc(C(=O)NCc2nc3ncccc3o2)c(-c2ccccc2)n1. The molecule has 4 rings (SSSR count). The number of anilines is 1. The van der Waals surface area contributed by atoms with Gasteiger partial charge in [0.05, 0.1) is 17.8 Å². The highest BCUT2D eigenvalue weighted by atomic mass is 16.3. The summed E-state index contributed by atoms with van der Waals surface area (Å²) in [6.45, 7) is 0.119. The molecule has 0 radical (unpaired) electrons. The lowest BCUT2D eigenvalue weighted by Crippen LogP contribution is -2.24. The first-order chi connectivity index (χ1) is 12.7. The van der Waals surface area contributed by atoms with Crippen LogP contribution in [0.3, 0.4) is 0 Å². The third-order valence-corrected chi connectivity index (χ3v) is 3.71. The molecule has 0 saturated carbocycles. The van der Waals surface area contributed by atoms with Gasteiger partial charge in [-0.25, -0.2) is 15.0 Å². The number of amides is 1. The molecule has 128 valence electrons. The van der Waals surface area contributed by atoms with Crippen LogP contribution in [0.25, 0.3) is 22.5 Å². The van der Waals surface area contributed by atoms with Crippen molar-refractivity contribution in [3.05, 3.63) is 66.3 Å². The Morgan fingerprint density at radius 1 is 1.08 bits per heavy atom. The van der Waals surface area contributed by atoms with E-state index in [4.69, 9.17) is 10.2 Å². The van der Waals surface area contributed by atoms with Gasteiger partial charge in [-0.15, -0.1) is 0 Å². The lowest BCUT2D eigenvalue weighted by atomic mass is 10.1. The minimum Gasteiger partial charge on any atom is -0.437 e. The van der Waals surface area contributed by atoms with Crippen LogP contribution in [0.2, 0.25) is 0 Å². The van der Waals surface area contributed by atoms with Crippen molar-refractivity contribution in [2.75, 3.05) is 5.73 Å². The zero-order valence-corrected chi connectivity index (χ0v) is 13.6. The first-order valence-electron chi connectivity index (χ1n) is 7.87. The van der Waals surface area contributed by atoms with Crippen molar-refractivity contribution >= 4 is 23.1 Å². The molecule has 0 aliphatic carbocycles. The van der Waals surface area contributed by atoms with Gasteiger partial charge in [0.15, 0.2) is 11.2 Å². The fourth-order valence-corrected chi connectivity index (χ4v) is 2.52. The van der Waals surface area contributed by atoms with Gasteiger partial charge in [-0.1, -0.05) is 30.3 Å². The summed E-state index contributed by atoms with van der Waals surface area (Å²) < 4.78 is 5.55. The second kappa shape index (κ2) is 6.60. The number of carbonyl (C=O) groups excluding carboxylic acids is 1. The van der Waals surface area contributed by atoms with Crippen molar-refractivity contribution in [2.45, 2.75) is 6.54 Å². The standard InChI is InChI=1S/C18H14N6O2/c19-18-22-9-12(15(24-18)11-5-2-1-3-6-11)17(25)21-10-14-23-16-13(26-14)7-4-8-20-16/h1-9H,10H2,(H,21,25)(H2,19,22,24). The number of nitrogens with zero attached hydrogens (tertiary/aromatic N) is 4. The van der Waals surface area contributed by atoms with E-state index in [1.807, 2.05) is 30.3 Å². The zero-order chi connectivity index (χ0) is 17.9. The third-order valence-electron chi connectivity index (χ3n) is 3.71. The molecule has 0 spiro atoms. The summed E-state index contributed by atoms with van der Waals surface area (Å²) in [5, 5.41) is 2.76. The molecule has 0 unspecified atom stereocenters. The maximum atomic E-state index is 12.6.